The molecule has 1 aliphatic rings. The number of benzene rings is 1. The summed E-state index contributed by atoms with van der Waals surface area (Å²) < 4.78 is 0. The molecule has 0 radical (unpaired) electrons. The summed E-state index contributed by atoms with van der Waals surface area (Å²) in [5.74, 6) is 0.591. The van der Waals surface area contributed by atoms with Gasteiger partial charge in [0.2, 0.25) is 0 Å². The van der Waals surface area contributed by atoms with E-state index in [0.717, 1.165) is 44.8 Å². The molecule has 23 heavy (non-hydrogen) atoms. The highest BCUT2D eigenvalue weighted by atomic mass is 35.5. The molecular formula is C17H24Cl2N4. The Kier molecular flexibility index (Phi) is 9.10. The standard InChI is InChI=1S/C17H22N4.2ClH/c1-2-4-15(5-3-1)13-21-9-8-19-11-16(14-21)10-17-12-18-6-7-20-17;;/h1-7,12,16,19H,8-11,13-14H2;2*1H. The van der Waals surface area contributed by atoms with Crippen molar-refractivity contribution in [1.29, 1.82) is 0 Å². The van der Waals surface area contributed by atoms with Crippen LogP contribution in [-0.4, -0.2) is 41.0 Å². The van der Waals surface area contributed by atoms with E-state index in [2.05, 4.69) is 50.5 Å². The Morgan fingerprint density at radius 3 is 2.70 bits per heavy atom. The number of aromatic nitrogens is 2. The van der Waals surface area contributed by atoms with Crippen molar-refractivity contribution in [2.45, 2.75) is 13.0 Å². The number of hydrogen-bond donors (Lipinski definition) is 1. The Labute approximate surface area is 150 Å². The van der Waals surface area contributed by atoms with Gasteiger partial charge in [0.1, 0.15) is 0 Å². The van der Waals surface area contributed by atoms with Crippen molar-refractivity contribution in [1.82, 2.24) is 20.2 Å². The Bertz CT molecular complexity index is 489. The van der Waals surface area contributed by atoms with E-state index in [1.54, 1.807) is 12.4 Å². The molecule has 6 heteroatoms. The van der Waals surface area contributed by atoms with Crippen LogP contribution in [0.25, 0.3) is 0 Å². The summed E-state index contributed by atoms with van der Waals surface area (Å²) in [5, 5.41) is 3.54. The van der Waals surface area contributed by atoms with E-state index in [9.17, 15) is 0 Å². The molecule has 0 amide bonds. The second-order valence-corrected chi connectivity index (χ2v) is 5.69. The van der Waals surface area contributed by atoms with Gasteiger partial charge < -0.3 is 5.32 Å². The van der Waals surface area contributed by atoms with Gasteiger partial charge in [-0.05, 0) is 24.4 Å². The fourth-order valence-corrected chi connectivity index (χ4v) is 2.92. The molecule has 1 aromatic heterocycles. The highest BCUT2D eigenvalue weighted by molar-refractivity contribution is 5.85. The van der Waals surface area contributed by atoms with Crippen LogP contribution in [0.2, 0.25) is 0 Å². The SMILES string of the molecule is Cl.Cl.c1ccc(CN2CCNCC(Cc3cnccn3)C2)cc1. The fourth-order valence-electron chi connectivity index (χ4n) is 2.92. The first-order valence-corrected chi connectivity index (χ1v) is 7.62. The normalized spacial score (nSPS) is 18.3. The van der Waals surface area contributed by atoms with Gasteiger partial charge in [-0.3, -0.25) is 14.9 Å². The van der Waals surface area contributed by atoms with Crippen LogP contribution in [0, 0.1) is 5.92 Å². The molecule has 2 aromatic rings. The quantitative estimate of drug-likeness (QED) is 0.915. The van der Waals surface area contributed by atoms with Gasteiger partial charge in [-0.25, -0.2) is 0 Å². The van der Waals surface area contributed by atoms with Crippen molar-refractivity contribution in [2.75, 3.05) is 26.2 Å². The smallest absolute Gasteiger partial charge is 0.0590 e. The van der Waals surface area contributed by atoms with Gasteiger partial charge >= 0.3 is 0 Å². The van der Waals surface area contributed by atoms with E-state index in [1.165, 1.54) is 5.56 Å². The average Bonchev–Trinajstić information content (AvgIpc) is 2.74. The first kappa shape index (κ1) is 19.8. The lowest BCUT2D eigenvalue weighted by atomic mass is 10.0. The van der Waals surface area contributed by atoms with Crippen LogP contribution < -0.4 is 5.32 Å². The van der Waals surface area contributed by atoms with Crippen LogP contribution in [0.4, 0.5) is 0 Å². The molecule has 1 fully saturated rings. The van der Waals surface area contributed by atoms with Gasteiger partial charge in [0.05, 0.1) is 5.69 Å². The van der Waals surface area contributed by atoms with Gasteiger partial charge in [-0.15, -0.1) is 24.8 Å². The molecule has 4 nitrogen and oxygen atoms in total. The summed E-state index contributed by atoms with van der Waals surface area (Å²) in [6, 6.07) is 10.7. The van der Waals surface area contributed by atoms with Crippen molar-refractivity contribution in [2.24, 2.45) is 5.92 Å². The summed E-state index contributed by atoms with van der Waals surface area (Å²) in [4.78, 5) is 11.1. The number of rotatable bonds is 4. The predicted molar refractivity (Wildman–Crippen MR) is 98.3 cm³/mol. The largest absolute Gasteiger partial charge is 0.315 e. The summed E-state index contributed by atoms with van der Waals surface area (Å²) in [6.45, 7) is 5.36. The van der Waals surface area contributed by atoms with Gasteiger partial charge in [-0.1, -0.05) is 30.3 Å². The van der Waals surface area contributed by atoms with Crippen molar-refractivity contribution >= 4 is 24.8 Å². The van der Waals surface area contributed by atoms with Crippen LogP contribution in [0.5, 0.6) is 0 Å². The maximum absolute atomic E-state index is 4.40. The summed E-state index contributed by atoms with van der Waals surface area (Å²) >= 11 is 0. The van der Waals surface area contributed by atoms with Gasteiger partial charge in [0.15, 0.2) is 0 Å². The van der Waals surface area contributed by atoms with Crippen molar-refractivity contribution < 1.29 is 0 Å². The lowest BCUT2D eigenvalue weighted by Gasteiger charge is -2.23. The summed E-state index contributed by atoms with van der Waals surface area (Å²) in [6.07, 6.45) is 6.39. The molecular weight excluding hydrogens is 331 g/mol. The van der Waals surface area contributed by atoms with Gasteiger partial charge in [0.25, 0.3) is 0 Å². The van der Waals surface area contributed by atoms with E-state index in [1.807, 2.05) is 6.20 Å². The Morgan fingerprint density at radius 2 is 1.96 bits per heavy atom. The first-order chi connectivity index (χ1) is 10.4. The third kappa shape index (κ3) is 6.43. The topological polar surface area (TPSA) is 41.0 Å². The molecule has 126 valence electrons. The van der Waals surface area contributed by atoms with Crippen molar-refractivity contribution in [3.63, 3.8) is 0 Å². The Hall–Kier alpha value is -1.20. The maximum Gasteiger partial charge on any atom is 0.0590 e. The number of hydrogen-bond acceptors (Lipinski definition) is 4. The van der Waals surface area contributed by atoms with Gasteiger partial charge in [0, 0.05) is 44.8 Å². The molecule has 1 saturated heterocycles. The zero-order valence-electron chi connectivity index (χ0n) is 13.1. The fraction of sp³-hybridized carbons (Fsp3) is 0.412. The summed E-state index contributed by atoms with van der Waals surface area (Å²) in [7, 11) is 0. The second kappa shape index (κ2) is 10.6. The highest BCUT2D eigenvalue weighted by Crippen LogP contribution is 2.12. The van der Waals surface area contributed by atoms with Crippen molar-refractivity contribution in [3.8, 4) is 0 Å². The van der Waals surface area contributed by atoms with Crippen LogP contribution in [0.15, 0.2) is 48.9 Å². The van der Waals surface area contributed by atoms with E-state index in [4.69, 9.17) is 0 Å². The van der Waals surface area contributed by atoms with Crippen molar-refractivity contribution in [3.05, 3.63) is 60.2 Å². The minimum Gasteiger partial charge on any atom is -0.315 e. The van der Waals surface area contributed by atoms with E-state index in [-0.39, 0.29) is 24.8 Å². The lowest BCUT2D eigenvalue weighted by Crippen LogP contribution is -2.30. The minimum atomic E-state index is 0. The maximum atomic E-state index is 4.40. The average molecular weight is 355 g/mol. The molecule has 0 bridgehead atoms. The molecule has 3 rings (SSSR count). The lowest BCUT2D eigenvalue weighted by molar-refractivity contribution is 0.248. The molecule has 0 spiro atoms. The Balaban J connectivity index is 0.00000132. The molecule has 1 N–H and O–H groups in total. The Morgan fingerprint density at radius 1 is 1.13 bits per heavy atom. The number of halogens is 2. The molecule has 1 atom stereocenters. The molecule has 1 aliphatic heterocycles. The number of nitrogens with one attached hydrogen (secondary N) is 1. The molecule has 0 aliphatic carbocycles. The third-order valence-electron chi connectivity index (χ3n) is 3.92. The third-order valence-corrected chi connectivity index (χ3v) is 3.92. The zero-order valence-corrected chi connectivity index (χ0v) is 14.7. The monoisotopic (exact) mass is 354 g/mol. The molecule has 0 saturated carbocycles. The first-order valence-electron chi connectivity index (χ1n) is 7.62. The van der Waals surface area contributed by atoms with E-state index in [0.29, 0.717) is 5.92 Å². The molecule has 1 unspecified atom stereocenters. The second-order valence-electron chi connectivity index (χ2n) is 5.69. The van der Waals surface area contributed by atoms with Crippen LogP contribution in [0.3, 0.4) is 0 Å². The highest BCUT2D eigenvalue weighted by Gasteiger charge is 2.18. The molecule has 2 heterocycles. The summed E-state index contributed by atoms with van der Waals surface area (Å²) in [5.41, 5.74) is 2.48. The number of nitrogens with zero attached hydrogens (tertiary/aromatic N) is 3. The zero-order chi connectivity index (χ0) is 14.3. The predicted octanol–water partition coefficient (Wildman–Crippen LogP) is 2.58. The van der Waals surface area contributed by atoms with Crippen LogP contribution in [0.1, 0.15) is 11.3 Å². The van der Waals surface area contributed by atoms with Crippen LogP contribution >= 0.6 is 24.8 Å². The molecule has 1 aromatic carbocycles. The van der Waals surface area contributed by atoms with E-state index >= 15 is 0 Å². The van der Waals surface area contributed by atoms with E-state index < -0.39 is 0 Å². The van der Waals surface area contributed by atoms with Crippen LogP contribution in [-0.2, 0) is 13.0 Å². The minimum absolute atomic E-state index is 0. The van der Waals surface area contributed by atoms with Gasteiger partial charge in [-0.2, -0.15) is 0 Å².